The van der Waals surface area contributed by atoms with E-state index in [9.17, 15) is 5.11 Å². The monoisotopic (exact) mass is 237 g/mol. The molecule has 1 N–H and O–H groups in total. The molecule has 96 valence electrons. The van der Waals surface area contributed by atoms with E-state index in [1.165, 1.54) is 0 Å². The summed E-state index contributed by atoms with van der Waals surface area (Å²) in [6, 6.07) is 5.87. The van der Waals surface area contributed by atoms with Crippen molar-refractivity contribution in [3.8, 4) is 5.75 Å². The van der Waals surface area contributed by atoms with Gasteiger partial charge < -0.3 is 9.84 Å². The molecule has 3 nitrogen and oxygen atoms in total. The van der Waals surface area contributed by atoms with Crippen LogP contribution >= 0.6 is 0 Å². The van der Waals surface area contributed by atoms with E-state index in [0.717, 1.165) is 36.5 Å². The molecular weight excluding hydrogens is 214 g/mol. The van der Waals surface area contributed by atoms with Crippen molar-refractivity contribution < 1.29 is 9.84 Å². The minimum absolute atomic E-state index is 0.434. The first-order chi connectivity index (χ1) is 8.12. The predicted molar refractivity (Wildman–Crippen MR) is 70.3 cm³/mol. The summed E-state index contributed by atoms with van der Waals surface area (Å²) in [5, 5.41) is 9.61. The van der Waals surface area contributed by atoms with Crippen molar-refractivity contribution in [1.82, 2.24) is 4.90 Å². The lowest BCUT2D eigenvalue weighted by molar-refractivity contribution is 0.199. The Balaban J connectivity index is 2.97. The first kappa shape index (κ1) is 14.0. The second kappa shape index (κ2) is 6.62. The molecule has 0 aliphatic heterocycles. The predicted octanol–water partition coefficient (Wildman–Crippen LogP) is 2.59. The minimum Gasteiger partial charge on any atom is -0.496 e. The maximum absolute atomic E-state index is 9.61. The Labute approximate surface area is 104 Å². The SMILES string of the molecule is CCN(CC)Cc1cc(C(C)O)ccc1OC. The highest BCUT2D eigenvalue weighted by Gasteiger charge is 2.10. The van der Waals surface area contributed by atoms with Gasteiger partial charge in [0, 0.05) is 12.1 Å². The van der Waals surface area contributed by atoms with E-state index < -0.39 is 6.10 Å². The number of ether oxygens (including phenoxy) is 1. The Hall–Kier alpha value is -1.06. The van der Waals surface area contributed by atoms with E-state index in [4.69, 9.17) is 4.74 Å². The molecule has 0 amide bonds. The van der Waals surface area contributed by atoms with E-state index in [1.807, 2.05) is 18.2 Å². The number of aliphatic hydroxyl groups is 1. The second-order valence-corrected chi connectivity index (χ2v) is 4.21. The zero-order chi connectivity index (χ0) is 12.8. The van der Waals surface area contributed by atoms with Crippen LogP contribution < -0.4 is 4.74 Å². The van der Waals surface area contributed by atoms with Gasteiger partial charge in [0.15, 0.2) is 0 Å². The molecule has 0 spiro atoms. The Kier molecular flexibility index (Phi) is 5.45. The third-order valence-electron chi connectivity index (χ3n) is 3.08. The van der Waals surface area contributed by atoms with Gasteiger partial charge in [0.05, 0.1) is 13.2 Å². The van der Waals surface area contributed by atoms with Gasteiger partial charge >= 0.3 is 0 Å². The van der Waals surface area contributed by atoms with Crippen LogP contribution in [0.2, 0.25) is 0 Å². The molecule has 0 aromatic heterocycles. The normalized spacial score (nSPS) is 12.8. The van der Waals surface area contributed by atoms with Crippen molar-refractivity contribution >= 4 is 0 Å². The van der Waals surface area contributed by atoms with Gasteiger partial charge in [0.2, 0.25) is 0 Å². The lowest BCUT2D eigenvalue weighted by Gasteiger charge is -2.20. The Morgan fingerprint density at radius 2 is 1.94 bits per heavy atom. The minimum atomic E-state index is -0.434. The molecule has 1 aromatic carbocycles. The average Bonchev–Trinajstić information content (AvgIpc) is 2.35. The van der Waals surface area contributed by atoms with Crippen molar-refractivity contribution in [3.63, 3.8) is 0 Å². The summed E-state index contributed by atoms with van der Waals surface area (Å²) in [7, 11) is 1.68. The van der Waals surface area contributed by atoms with Gasteiger partial charge in [-0.2, -0.15) is 0 Å². The van der Waals surface area contributed by atoms with Crippen molar-refractivity contribution in [2.24, 2.45) is 0 Å². The molecule has 0 heterocycles. The standard InChI is InChI=1S/C14H23NO2/c1-5-15(6-2)10-13-9-12(11(3)16)7-8-14(13)17-4/h7-9,11,16H,5-6,10H2,1-4H3. The number of hydrogen-bond donors (Lipinski definition) is 1. The molecule has 1 atom stereocenters. The molecule has 1 rings (SSSR count). The number of aliphatic hydroxyl groups excluding tert-OH is 1. The molecule has 0 bridgehead atoms. The van der Waals surface area contributed by atoms with Crippen LogP contribution in [0.1, 0.15) is 38.0 Å². The van der Waals surface area contributed by atoms with Gasteiger partial charge in [-0.15, -0.1) is 0 Å². The topological polar surface area (TPSA) is 32.7 Å². The first-order valence-electron chi connectivity index (χ1n) is 6.19. The maximum Gasteiger partial charge on any atom is 0.123 e. The number of benzene rings is 1. The molecule has 0 saturated carbocycles. The fourth-order valence-corrected chi connectivity index (χ4v) is 1.87. The van der Waals surface area contributed by atoms with Gasteiger partial charge in [0.1, 0.15) is 5.75 Å². The molecule has 0 aliphatic rings. The van der Waals surface area contributed by atoms with E-state index in [1.54, 1.807) is 14.0 Å². The van der Waals surface area contributed by atoms with Crippen LogP contribution in [-0.2, 0) is 6.54 Å². The molecule has 0 saturated heterocycles. The van der Waals surface area contributed by atoms with Crippen molar-refractivity contribution in [1.29, 1.82) is 0 Å². The van der Waals surface area contributed by atoms with Crippen molar-refractivity contribution in [3.05, 3.63) is 29.3 Å². The smallest absolute Gasteiger partial charge is 0.123 e. The molecule has 1 aromatic rings. The van der Waals surface area contributed by atoms with E-state index in [2.05, 4.69) is 18.7 Å². The lowest BCUT2D eigenvalue weighted by atomic mass is 10.1. The van der Waals surface area contributed by atoms with Gasteiger partial charge in [-0.1, -0.05) is 19.9 Å². The zero-order valence-electron chi connectivity index (χ0n) is 11.2. The van der Waals surface area contributed by atoms with E-state index in [0.29, 0.717) is 0 Å². The third-order valence-corrected chi connectivity index (χ3v) is 3.08. The summed E-state index contributed by atoms with van der Waals surface area (Å²) in [5.74, 6) is 0.890. The Bertz CT molecular complexity index is 346. The summed E-state index contributed by atoms with van der Waals surface area (Å²) >= 11 is 0. The fraction of sp³-hybridized carbons (Fsp3) is 0.571. The largest absolute Gasteiger partial charge is 0.496 e. The summed E-state index contributed by atoms with van der Waals surface area (Å²) < 4.78 is 5.36. The molecule has 3 heteroatoms. The zero-order valence-corrected chi connectivity index (χ0v) is 11.2. The molecule has 1 unspecified atom stereocenters. The maximum atomic E-state index is 9.61. The molecule has 17 heavy (non-hydrogen) atoms. The number of rotatable bonds is 6. The highest BCUT2D eigenvalue weighted by molar-refractivity contribution is 5.38. The number of methoxy groups -OCH3 is 1. The van der Waals surface area contributed by atoms with Gasteiger partial charge in [0.25, 0.3) is 0 Å². The van der Waals surface area contributed by atoms with E-state index >= 15 is 0 Å². The van der Waals surface area contributed by atoms with Gasteiger partial charge in [-0.3, -0.25) is 4.90 Å². The summed E-state index contributed by atoms with van der Waals surface area (Å²) in [6.07, 6.45) is -0.434. The fourth-order valence-electron chi connectivity index (χ4n) is 1.87. The molecule has 0 aliphatic carbocycles. The molecule has 0 fully saturated rings. The third kappa shape index (κ3) is 3.72. The summed E-state index contributed by atoms with van der Waals surface area (Å²) in [6.45, 7) is 8.96. The van der Waals surface area contributed by atoms with Crippen LogP contribution in [0.5, 0.6) is 5.75 Å². The van der Waals surface area contributed by atoms with Gasteiger partial charge in [-0.05, 0) is 37.7 Å². The van der Waals surface area contributed by atoms with Crippen molar-refractivity contribution in [2.75, 3.05) is 20.2 Å². The van der Waals surface area contributed by atoms with E-state index in [-0.39, 0.29) is 0 Å². The van der Waals surface area contributed by atoms with Crippen LogP contribution in [0.25, 0.3) is 0 Å². The van der Waals surface area contributed by atoms with Crippen LogP contribution in [0.3, 0.4) is 0 Å². The molecular formula is C14H23NO2. The van der Waals surface area contributed by atoms with Crippen molar-refractivity contribution in [2.45, 2.75) is 33.4 Å². The lowest BCUT2D eigenvalue weighted by Crippen LogP contribution is -2.22. The van der Waals surface area contributed by atoms with Crippen LogP contribution in [0, 0.1) is 0 Å². The Morgan fingerprint density at radius 3 is 2.41 bits per heavy atom. The highest BCUT2D eigenvalue weighted by Crippen LogP contribution is 2.24. The summed E-state index contributed by atoms with van der Waals surface area (Å²) in [4.78, 5) is 2.32. The van der Waals surface area contributed by atoms with Crippen LogP contribution in [0.4, 0.5) is 0 Å². The average molecular weight is 237 g/mol. The molecule has 0 radical (unpaired) electrons. The first-order valence-corrected chi connectivity index (χ1v) is 6.19. The Morgan fingerprint density at radius 1 is 1.29 bits per heavy atom. The van der Waals surface area contributed by atoms with Crippen LogP contribution in [0.15, 0.2) is 18.2 Å². The highest BCUT2D eigenvalue weighted by atomic mass is 16.5. The summed E-state index contributed by atoms with van der Waals surface area (Å²) in [5.41, 5.74) is 2.07. The van der Waals surface area contributed by atoms with Gasteiger partial charge in [-0.25, -0.2) is 0 Å². The quantitative estimate of drug-likeness (QED) is 0.825. The van der Waals surface area contributed by atoms with Crippen LogP contribution in [-0.4, -0.2) is 30.2 Å². The number of hydrogen-bond acceptors (Lipinski definition) is 3. The second-order valence-electron chi connectivity index (χ2n) is 4.21. The number of nitrogens with zero attached hydrogens (tertiary/aromatic N) is 1.